The monoisotopic (exact) mass is 362 g/mol. The summed E-state index contributed by atoms with van der Waals surface area (Å²) in [6.07, 6.45) is 1.08. The van der Waals surface area contributed by atoms with Crippen LogP contribution in [0.1, 0.15) is 12.5 Å². The minimum atomic E-state index is -3.61. The Balaban J connectivity index is 2.23. The second-order valence-electron chi connectivity index (χ2n) is 5.53. The summed E-state index contributed by atoms with van der Waals surface area (Å²) in [5, 5.41) is 2.72. The van der Waals surface area contributed by atoms with E-state index in [2.05, 4.69) is 5.32 Å². The number of anilines is 2. The van der Waals surface area contributed by atoms with Gasteiger partial charge in [0.15, 0.2) is 0 Å². The van der Waals surface area contributed by atoms with Crippen molar-refractivity contribution in [2.45, 2.75) is 13.8 Å². The van der Waals surface area contributed by atoms with Crippen molar-refractivity contribution in [2.24, 2.45) is 0 Å². The molecule has 0 fully saturated rings. The standard InChI is InChI=1S/C18H22N2O4S/c1-4-24-17-12-8-6-10-15(17)19-18(21)13-20(25(3,22)23)16-11-7-5-9-14(16)2/h5-12H,4,13H2,1-3H3,(H,19,21). The first-order valence-electron chi connectivity index (χ1n) is 7.88. The van der Waals surface area contributed by atoms with Gasteiger partial charge in [-0.25, -0.2) is 8.42 Å². The Kier molecular flexibility index (Phi) is 6.03. The lowest BCUT2D eigenvalue weighted by Crippen LogP contribution is -2.37. The number of nitrogens with zero attached hydrogens (tertiary/aromatic N) is 1. The number of hydrogen-bond acceptors (Lipinski definition) is 4. The van der Waals surface area contributed by atoms with Crippen molar-refractivity contribution in [3.05, 3.63) is 54.1 Å². The molecule has 0 atom stereocenters. The highest BCUT2D eigenvalue weighted by atomic mass is 32.2. The topological polar surface area (TPSA) is 75.7 Å². The fourth-order valence-corrected chi connectivity index (χ4v) is 3.31. The normalized spacial score (nSPS) is 11.0. The molecule has 6 nitrogen and oxygen atoms in total. The molecule has 25 heavy (non-hydrogen) atoms. The molecule has 0 aliphatic rings. The Morgan fingerprint density at radius 1 is 1.12 bits per heavy atom. The van der Waals surface area contributed by atoms with Crippen molar-refractivity contribution in [1.82, 2.24) is 0 Å². The van der Waals surface area contributed by atoms with E-state index in [9.17, 15) is 13.2 Å². The van der Waals surface area contributed by atoms with Gasteiger partial charge in [-0.1, -0.05) is 30.3 Å². The lowest BCUT2D eigenvalue weighted by atomic mass is 10.2. The van der Waals surface area contributed by atoms with Crippen LogP contribution >= 0.6 is 0 Å². The molecule has 0 aromatic heterocycles. The van der Waals surface area contributed by atoms with Crippen molar-refractivity contribution >= 4 is 27.3 Å². The Labute approximate surface area is 148 Å². The molecule has 0 bridgehead atoms. The van der Waals surface area contributed by atoms with E-state index in [1.807, 2.05) is 13.0 Å². The molecule has 2 aromatic rings. The zero-order valence-electron chi connectivity index (χ0n) is 14.5. The number of para-hydroxylation sites is 3. The van der Waals surface area contributed by atoms with Crippen LogP contribution in [0.3, 0.4) is 0 Å². The summed E-state index contributed by atoms with van der Waals surface area (Å²) in [6, 6.07) is 14.1. The molecule has 0 heterocycles. The third kappa shape index (κ3) is 4.96. The van der Waals surface area contributed by atoms with Crippen LogP contribution in [0, 0.1) is 6.92 Å². The summed E-state index contributed by atoms with van der Waals surface area (Å²) in [4.78, 5) is 12.4. The molecule has 1 N–H and O–H groups in total. The van der Waals surface area contributed by atoms with Crippen LogP contribution < -0.4 is 14.4 Å². The summed E-state index contributed by atoms with van der Waals surface area (Å²) in [5.74, 6) is 0.0981. The molecule has 1 amide bonds. The predicted octanol–water partition coefficient (Wildman–Crippen LogP) is 2.80. The molecule has 7 heteroatoms. The van der Waals surface area contributed by atoms with E-state index < -0.39 is 15.9 Å². The number of sulfonamides is 1. The van der Waals surface area contributed by atoms with E-state index >= 15 is 0 Å². The summed E-state index contributed by atoms with van der Waals surface area (Å²) < 4.78 is 30.9. The first-order valence-corrected chi connectivity index (χ1v) is 9.72. The van der Waals surface area contributed by atoms with Gasteiger partial charge in [-0.15, -0.1) is 0 Å². The number of carbonyl (C=O) groups is 1. The smallest absolute Gasteiger partial charge is 0.245 e. The first-order chi connectivity index (χ1) is 11.8. The molecule has 0 saturated heterocycles. The summed E-state index contributed by atoms with van der Waals surface area (Å²) in [6.45, 7) is 3.80. The molecule has 0 radical (unpaired) electrons. The van der Waals surface area contributed by atoms with E-state index in [0.717, 1.165) is 16.1 Å². The molecular weight excluding hydrogens is 340 g/mol. The number of nitrogens with one attached hydrogen (secondary N) is 1. The molecule has 2 aromatic carbocycles. The molecule has 2 rings (SSSR count). The van der Waals surface area contributed by atoms with Crippen molar-refractivity contribution < 1.29 is 17.9 Å². The SMILES string of the molecule is CCOc1ccccc1NC(=O)CN(c1ccccc1C)S(C)(=O)=O. The quantitative estimate of drug-likeness (QED) is 0.822. The second kappa shape index (κ2) is 8.02. The highest BCUT2D eigenvalue weighted by Crippen LogP contribution is 2.25. The fraction of sp³-hybridized carbons (Fsp3) is 0.278. The van der Waals surface area contributed by atoms with Gasteiger partial charge in [0.2, 0.25) is 15.9 Å². The maximum absolute atomic E-state index is 12.4. The largest absolute Gasteiger partial charge is 0.492 e. The van der Waals surface area contributed by atoms with Crippen LogP contribution in [0.25, 0.3) is 0 Å². The van der Waals surface area contributed by atoms with Gasteiger partial charge >= 0.3 is 0 Å². The zero-order chi connectivity index (χ0) is 18.4. The number of rotatable bonds is 7. The fourth-order valence-electron chi connectivity index (χ4n) is 2.40. The van der Waals surface area contributed by atoms with Gasteiger partial charge in [0, 0.05) is 0 Å². The van der Waals surface area contributed by atoms with Crippen molar-refractivity contribution in [1.29, 1.82) is 0 Å². The Bertz CT molecular complexity index is 850. The first kappa shape index (κ1) is 18.8. The molecule has 0 aliphatic heterocycles. The molecular formula is C18H22N2O4S. The molecule has 0 unspecified atom stereocenters. The zero-order valence-corrected chi connectivity index (χ0v) is 15.3. The van der Waals surface area contributed by atoms with Gasteiger partial charge < -0.3 is 10.1 Å². The van der Waals surface area contributed by atoms with Gasteiger partial charge in [0.1, 0.15) is 12.3 Å². The molecule has 0 aliphatic carbocycles. The Morgan fingerprint density at radius 3 is 2.40 bits per heavy atom. The number of aryl methyl sites for hydroxylation is 1. The van der Waals surface area contributed by atoms with Crippen LogP contribution in [0.5, 0.6) is 5.75 Å². The van der Waals surface area contributed by atoms with E-state index in [4.69, 9.17) is 4.74 Å². The number of carbonyl (C=O) groups excluding carboxylic acids is 1. The van der Waals surface area contributed by atoms with E-state index in [-0.39, 0.29) is 6.54 Å². The highest BCUT2D eigenvalue weighted by Gasteiger charge is 2.22. The van der Waals surface area contributed by atoms with Gasteiger partial charge in [-0.05, 0) is 37.6 Å². The maximum Gasteiger partial charge on any atom is 0.245 e. The average Bonchev–Trinajstić information content (AvgIpc) is 2.54. The van der Waals surface area contributed by atoms with E-state index in [0.29, 0.717) is 23.7 Å². The van der Waals surface area contributed by atoms with Crippen molar-refractivity contribution in [3.63, 3.8) is 0 Å². The van der Waals surface area contributed by atoms with Crippen LogP contribution in [0.2, 0.25) is 0 Å². The molecule has 134 valence electrons. The lowest BCUT2D eigenvalue weighted by Gasteiger charge is -2.23. The Morgan fingerprint density at radius 2 is 1.76 bits per heavy atom. The van der Waals surface area contributed by atoms with Gasteiger partial charge in [-0.2, -0.15) is 0 Å². The van der Waals surface area contributed by atoms with Crippen LogP contribution in [-0.2, 0) is 14.8 Å². The number of ether oxygens (including phenoxy) is 1. The lowest BCUT2D eigenvalue weighted by molar-refractivity contribution is -0.114. The van der Waals surface area contributed by atoms with Crippen molar-refractivity contribution in [2.75, 3.05) is 29.0 Å². The molecule has 0 spiro atoms. The Hall–Kier alpha value is -2.54. The average molecular weight is 362 g/mol. The summed E-state index contributed by atoms with van der Waals surface area (Å²) >= 11 is 0. The minimum absolute atomic E-state index is 0.315. The minimum Gasteiger partial charge on any atom is -0.492 e. The third-order valence-electron chi connectivity index (χ3n) is 3.53. The van der Waals surface area contributed by atoms with Gasteiger partial charge in [0.25, 0.3) is 0 Å². The summed E-state index contributed by atoms with van der Waals surface area (Å²) in [5.41, 5.74) is 1.77. The molecule has 0 saturated carbocycles. The van der Waals surface area contributed by atoms with E-state index in [1.54, 1.807) is 49.4 Å². The number of amides is 1. The van der Waals surface area contributed by atoms with Gasteiger partial charge in [-0.3, -0.25) is 9.10 Å². The van der Waals surface area contributed by atoms with Crippen molar-refractivity contribution in [3.8, 4) is 5.75 Å². The van der Waals surface area contributed by atoms with Gasteiger partial charge in [0.05, 0.1) is 24.2 Å². The van der Waals surface area contributed by atoms with Crippen LogP contribution in [0.15, 0.2) is 48.5 Å². The van der Waals surface area contributed by atoms with Crippen LogP contribution in [-0.4, -0.2) is 33.7 Å². The maximum atomic E-state index is 12.4. The van der Waals surface area contributed by atoms with E-state index in [1.165, 1.54) is 0 Å². The predicted molar refractivity (Wildman–Crippen MR) is 99.6 cm³/mol. The van der Waals surface area contributed by atoms with Crippen LogP contribution in [0.4, 0.5) is 11.4 Å². The number of benzene rings is 2. The second-order valence-corrected chi connectivity index (χ2v) is 7.44. The third-order valence-corrected chi connectivity index (χ3v) is 4.66. The highest BCUT2D eigenvalue weighted by molar-refractivity contribution is 7.92. The summed E-state index contributed by atoms with van der Waals surface area (Å²) in [7, 11) is -3.61. The number of hydrogen-bond donors (Lipinski definition) is 1.